The number of hydrazone groups is 1. The van der Waals surface area contributed by atoms with E-state index in [-0.39, 0.29) is 17.5 Å². The predicted molar refractivity (Wildman–Crippen MR) is 109 cm³/mol. The Bertz CT molecular complexity index is 1120. The van der Waals surface area contributed by atoms with Gasteiger partial charge >= 0.3 is 0 Å². The van der Waals surface area contributed by atoms with E-state index in [4.69, 9.17) is 4.74 Å². The molecule has 2 heterocycles. The zero-order chi connectivity index (χ0) is 19.7. The van der Waals surface area contributed by atoms with Crippen LogP contribution in [0.1, 0.15) is 36.9 Å². The number of amides is 1. The number of benzene rings is 2. The van der Waals surface area contributed by atoms with Gasteiger partial charge in [0.05, 0.1) is 24.4 Å². The lowest BCUT2D eigenvalue weighted by Crippen LogP contribution is -2.26. The molecule has 0 radical (unpaired) electrons. The summed E-state index contributed by atoms with van der Waals surface area (Å²) in [6, 6.07) is 15.0. The zero-order valence-electron chi connectivity index (χ0n) is 15.8. The first kappa shape index (κ1) is 18.0. The summed E-state index contributed by atoms with van der Waals surface area (Å²) in [6.07, 6.45) is 2.52. The molecular weight excluding hydrogens is 354 g/mol. The number of carbonyl (C=O) groups excluding carboxylic acids is 1. The van der Waals surface area contributed by atoms with Crippen LogP contribution in [0, 0.1) is 0 Å². The highest BCUT2D eigenvalue weighted by atomic mass is 16.5. The molecule has 6 heteroatoms. The monoisotopic (exact) mass is 375 g/mol. The number of hydrogen-bond acceptors (Lipinski definition) is 4. The first-order chi connectivity index (χ1) is 13.6. The molecule has 1 aromatic heterocycles. The molecule has 1 aliphatic rings. The van der Waals surface area contributed by atoms with Crippen molar-refractivity contribution >= 4 is 22.4 Å². The summed E-state index contributed by atoms with van der Waals surface area (Å²) >= 11 is 0. The lowest BCUT2D eigenvalue weighted by molar-refractivity contribution is -0.132. The van der Waals surface area contributed by atoms with E-state index in [1.165, 1.54) is 5.01 Å². The Balaban J connectivity index is 1.80. The minimum atomic E-state index is -0.244. The fourth-order valence-corrected chi connectivity index (χ4v) is 3.61. The molecule has 0 spiro atoms. The fourth-order valence-electron chi connectivity index (χ4n) is 3.61. The summed E-state index contributed by atoms with van der Waals surface area (Å²) in [4.78, 5) is 28.0. The van der Waals surface area contributed by atoms with Crippen LogP contribution in [-0.4, -0.2) is 28.7 Å². The average molecular weight is 375 g/mol. The zero-order valence-corrected chi connectivity index (χ0v) is 15.8. The molecule has 1 aliphatic heterocycles. The molecule has 2 aromatic carbocycles. The third kappa shape index (κ3) is 3.07. The molecular formula is C22H21N3O3. The number of H-pyrrole nitrogens is 1. The summed E-state index contributed by atoms with van der Waals surface area (Å²) in [5.41, 5.74) is 1.92. The van der Waals surface area contributed by atoms with Gasteiger partial charge in [0.25, 0.3) is 5.56 Å². The summed E-state index contributed by atoms with van der Waals surface area (Å²) in [6.45, 7) is 1.81. The highest BCUT2D eigenvalue weighted by Crippen LogP contribution is 2.34. The van der Waals surface area contributed by atoms with E-state index in [9.17, 15) is 9.59 Å². The standard InChI is InChI=1S/C22H21N3O3/c1-3-20(26)25-19(14-8-10-16(28-2)11-9-14)12-18(24-25)21-17-7-5-4-6-15(17)13-23-22(21)27/h4-11,13,19H,3,12H2,1-2H3,(H,23,27). The molecule has 6 nitrogen and oxygen atoms in total. The molecule has 0 saturated heterocycles. The topological polar surface area (TPSA) is 74.8 Å². The average Bonchev–Trinajstić information content (AvgIpc) is 3.18. The Kier molecular flexibility index (Phi) is 4.69. The second kappa shape index (κ2) is 7.31. The second-order valence-corrected chi connectivity index (χ2v) is 6.71. The van der Waals surface area contributed by atoms with Gasteiger partial charge in [-0.3, -0.25) is 9.59 Å². The number of ether oxygens (including phenoxy) is 1. The number of pyridine rings is 1. The first-order valence-electron chi connectivity index (χ1n) is 9.26. The van der Waals surface area contributed by atoms with Gasteiger partial charge in [-0.05, 0) is 28.5 Å². The van der Waals surface area contributed by atoms with Gasteiger partial charge in [0.15, 0.2) is 0 Å². The molecule has 142 valence electrons. The van der Waals surface area contributed by atoms with E-state index in [0.717, 1.165) is 22.1 Å². The van der Waals surface area contributed by atoms with Gasteiger partial charge in [-0.25, -0.2) is 5.01 Å². The molecule has 0 aliphatic carbocycles. The second-order valence-electron chi connectivity index (χ2n) is 6.71. The van der Waals surface area contributed by atoms with Gasteiger partial charge in [-0.2, -0.15) is 5.10 Å². The van der Waals surface area contributed by atoms with Crippen LogP contribution in [0.4, 0.5) is 0 Å². The van der Waals surface area contributed by atoms with Crippen LogP contribution < -0.4 is 10.3 Å². The van der Waals surface area contributed by atoms with E-state index in [0.29, 0.717) is 24.1 Å². The summed E-state index contributed by atoms with van der Waals surface area (Å²) < 4.78 is 5.23. The molecule has 0 fully saturated rings. The highest BCUT2D eigenvalue weighted by molar-refractivity contribution is 6.11. The third-order valence-electron chi connectivity index (χ3n) is 5.07. The number of hydrogen-bond donors (Lipinski definition) is 1. The van der Waals surface area contributed by atoms with E-state index in [2.05, 4.69) is 10.1 Å². The van der Waals surface area contributed by atoms with Crippen molar-refractivity contribution in [3.63, 3.8) is 0 Å². The number of nitrogens with one attached hydrogen (secondary N) is 1. The molecule has 28 heavy (non-hydrogen) atoms. The third-order valence-corrected chi connectivity index (χ3v) is 5.07. The predicted octanol–water partition coefficient (Wildman–Crippen LogP) is 3.62. The normalized spacial score (nSPS) is 16.3. The molecule has 1 atom stereocenters. The van der Waals surface area contributed by atoms with E-state index in [1.807, 2.05) is 55.5 Å². The number of nitrogens with zero attached hydrogens (tertiary/aromatic N) is 2. The van der Waals surface area contributed by atoms with Gasteiger partial charge in [-0.15, -0.1) is 0 Å². The molecule has 0 saturated carbocycles. The van der Waals surface area contributed by atoms with E-state index >= 15 is 0 Å². The SMILES string of the molecule is CCC(=O)N1N=C(c2c(=O)[nH]cc3ccccc23)CC1c1ccc(OC)cc1. The van der Waals surface area contributed by atoms with E-state index < -0.39 is 0 Å². The minimum absolute atomic E-state index is 0.0764. The van der Waals surface area contributed by atoms with Crippen molar-refractivity contribution in [3.8, 4) is 5.75 Å². The van der Waals surface area contributed by atoms with Crippen molar-refractivity contribution in [3.05, 3.63) is 76.2 Å². The van der Waals surface area contributed by atoms with Gasteiger partial charge in [0.1, 0.15) is 5.75 Å². The summed E-state index contributed by atoms with van der Waals surface area (Å²) in [5.74, 6) is 0.675. The van der Waals surface area contributed by atoms with Crippen LogP contribution in [0.5, 0.6) is 5.75 Å². The largest absolute Gasteiger partial charge is 0.497 e. The Morgan fingerprint density at radius 1 is 1.21 bits per heavy atom. The smallest absolute Gasteiger partial charge is 0.257 e. The molecule has 1 amide bonds. The molecule has 4 rings (SSSR count). The minimum Gasteiger partial charge on any atom is -0.497 e. The van der Waals surface area contributed by atoms with Crippen LogP contribution in [0.2, 0.25) is 0 Å². The number of rotatable bonds is 4. The number of aromatic nitrogens is 1. The Morgan fingerprint density at radius 2 is 1.96 bits per heavy atom. The van der Waals surface area contributed by atoms with Crippen LogP contribution in [-0.2, 0) is 4.79 Å². The molecule has 3 aromatic rings. The van der Waals surface area contributed by atoms with Gasteiger partial charge in [0, 0.05) is 19.0 Å². The van der Waals surface area contributed by atoms with Crippen molar-refractivity contribution in [2.45, 2.75) is 25.8 Å². The lowest BCUT2D eigenvalue weighted by atomic mass is 9.96. The number of methoxy groups -OCH3 is 1. The summed E-state index contributed by atoms with van der Waals surface area (Å²) in [5, 5.41) is 7.87. The van der Waals surface area contributed by atoms with Crippen molar-refractivity contribution in [2.24, 2.45) is 5.10 Å². The van der Waals surface area contributed by atoms with Crippen molar-refractivity contribution in [2.75, 3.05) is 7.11 Å². The van der Waals surface area contributed by atoms with Crippen LogP contribution >= 0.6 is 0 Å². The number of fused-ring (bicyclic) bond motifs is 1. The van der Waals surface area contributed by atoms with Crippen LogP contribution in [0.25, 0.3) is 10.8 Å². The maximum atomic E-state index is 12.6. The van der Waals surface area contributed by atoms with Crippen molar-refractivity contribution in [1.29, 1.82) is 0 Å². The number of aromatic amines is 1. The summed E-state index contributed by atoms with van der Waals surface area (Å²) in [7, 11) is 1.62. The Labute approximate surface area is 162 Å². The lowest BCUT2D eigenvalue weighted by Gasteiger charge is -2.21. The van der Waals surface area contributed by atoms with E-state index in [1.54, 1.807) is 13.3 Å². The highest BCUT2D eigenvalue weighted by Gasteiger charge is 2.33. The quantitative estimate of drug-likeness (QED) is 0.757. The maximum Gasteiger partial charge on any atom is 0.257 e. The Hall–Kier alpha value is -3.41. The van der Waals surface area contributed by atoms with Gasteiger partial charge in [-0.1, -0.05) is 43.3 Å². The molecule has 1 unspecified atom stereocenters. The maximum absolute atomic E-state index is 12.6. The first-order valence-corrected chi connectivity index (χ1v) is 9.26. The fraction of sp³-hybridized carbons (Fsp3) is 0.227. The van der Waals surface area contributed by atoms with Crippen molar-refractivity contribution < 1.29 is 9.53 Å². The van der Waals surface area contributed by atoms with Gasteiger partial charge < -0.3 is 9.72 Å². The number of carbonyl (C=O) groups is 1. The molecule has 1 N–H and O–H groups in total. The Morgan fingerprint density at radius 3 is 2.68 bits per heavy atom. The van der Waals surface area contributed by atoms with Crippen LogP contribution in [0.3, 0.4) is 0 Å². The van der Waals surface area contributed by atoms with Crippen molar-refractivity contribution in [1.82, 2.24) is 9.99 Å². The van der Waals surface area contributed by atoms with Gasteiger partial charge in [0.2, 0.25) is 5.91 Å². The van der Waals surface area contributed by atoms with Crippen LogP contribution in [0.15, 0.2) is 64.6 Å². The molecule has 0 bridgehead atoms.